The van der Waals surface area contributed by atoms with Crippen molar-refractivity contribution >= 4 is 23.1 Å². The summed E-state index contributed by atoms with van der Waals surface area (Å²) in [4.78, 5) is 12.5. The molecule has 0 amide bonds. The molecule has 0 bridgehead atoms. The molecule has 0 aromatic rings. The molecule has 2 aliphatic carbocycles. The summed E-state index contributed by atoms with van der Waals surface area (Å²) in [5.41, 5.74) is 0.472. The minimum absolute atomic E-state index is 0.0822. The number of carbonyl (C=O) groups excluding carboxylic acids is 1. The summed E-state index contributed by atoms with van der Waals surface area (Å²) in [6, 6.07) is 0. The number of hydrogen-bond donors (Lipinski definition) is 0. The number of ether oxygens (including phenoxy) is 1. The van der Waals surface area contributed by atoms with Gasteiger partial charge in [-0.25, -0.2) is 0 Å². The molecule has 0 aliphatic heterocycles. The molecule has 0 aromatic carbocycles. The van der Waals surface area contributed by atoms with Gasteiger partial charge in [-0.3, -0.25) is 4.79 Å². The minimum atomic E-state index is -0.0940. The largest absolute Gasteiger partial charge is 0.466 e. The van der Waals surface area contributed by atoms with E-state index < -0.39 is 0 Å². The van der Waals surface area contributed by atoms with E-state index in [4.69, 9.17) is 17.0 Å². The smallest absolute Gasteiger partial charge is 0.313 e. The van der Waals surface area contributed by atoms with Crippen LogP contribution in [0.1, 0.15) is 39.0 Å². The molecule has 0 radical (unpaired) electrons. The highest BCUT2D eigenvalue weighted by molar-refractivity contribution is 7.80. The van der Waals surface area contributed by atoms with Gasteiger partial charge in [0.2, 0.25) is 0 Å². The molecular formula is C11H16O2S. The third-order valence-corrected chi connectivity index (χ3v) is 3.94. The second kappa shape index (κ2) is 3.61. The van der Waals surface area contributed by atoms with E-state index in [1.54, 1.807) is 0 Å². The number of esters is 1. The zero-order valence-electron chi connectivity index (χ0n) is 8.54. The zero-order valence-corrected chi connectivity index (χ0v) is 9.36. The predicted molar refractivity (Wildman–Crippen MR) is 58.2 cm³/mol. The molecule has 0 N–H and O–H groups in total. The van der Waals surface area contributed by atoms with Crippen LogP contribution in [0.15, 0.2) is 0 Å². The Morgan fingerprint density at radius 2 is 2.29 bits per heavy atom. The van der Waals surface area contributed by atoms with Crippen LogP contribution in [0.2, 0.25) is 0 Å². The van der Waals surface area contributed by atoms with Gasteiger partial charge < -0.3 is 4.74 Å². The molecule has 1 spiro atoms. The summed E-state index contributed by atoms with van der Waals surface area (Å²) in [5.74, 6) is -0.176. The van der Waals surface area contributed by atoms with Gasteiger partial charge in [0.25, 0.3) is 0 Å². The van der Waals surface area contributed by atoms with Crippen molar-refractivity contribution in [3.05, 3.63) is 0 Å². The summed E-state index contributed by atoms with van der Waals surface area (Å²) in [5, 5.41) is 0. The Labute approximate surface area is 90.0 Å². The van der Waals surface area contributed by atoms with Crippen LogP contribution < -0.4 is 0 Å². The average molecular weight is 212 g/mol. The maximum Gasteiger partial charge on any atom is 0.313 e. The van der Waals surface area contributed by atoms with Crippen molar-refractivity contribution in [1.82, 2.24) is 0 Å². The van der Waals surface area contributed by atoms with Crippen molar-refractivity contribution in [2.24, 2.45) is 11.3 Å². The second-order valence-corrected chi connectivity index (χ2v) is 5.00. The lowest BCUT2D eigenvalue weighted by molar-refractivity contribution is -0.146. The monoisotopic (exact) mass is 212 g/mol. The Bertz CT molecular complexity index is 268. The topological polar surface area (TPSA) is 26.3 Å². The molecule has 0 aromatic heterocycles. The first-order valence-corrected chi connectivity index (χ1v) is 5.77. The number of thiocarbonyl (C=S) groups is 1. The van der Waals surface area contributed by atoms with Crippen LogP contribution >= 0.6 is 12.2 Å². The molecule has 3 heteroatoms. The summed E-state index contributed by atoms with van der Waals surface area (Å²) < 4.78 is 5.05. The van der Waals surface area contributed by atoms with Gasteiger partial charge in [0, 0.05) is 4.86 Å². The highest BCUT2D eigenvalue weighted by Gasteiger charge is 2.49. The predicted octanol–water partition coefficient (Wildman–Crippen LogP) is 2.50. The lowest BCUT2D eigenvalue weighted by Gasteiger charge is -2.28. The lowest BCUT2D eigenvalue weighted by Crippen LogP contribution is -2.32. The van der Waals surface area contributed by atoms with E-state index in [1.165, 1.54) is 19.3 Å². The van der Waals surface area contributed by atoms with Gasteiger partial charge in [0.05, 0.1) is 12.5 Å². The first-order valence-electron chi connectivity index (χ1n) is 5.36. The second-order valence-electron chi connectivity index (χ2n) is 4.48. The molecule has 2 fully saturated rings. The van der Waals surface area contributed by atoms with E-state index in [-0.39, 0.29) is 11.9 Å². The molecule has 1 atom stereocenters. The molecule has 1 unspecified atom stereocenters. The van der Waals surface area contributed by atoms with Crippen molar-refractivity contribution in [2.45, 2.75) is 39.0 Å². The molecule has 78 valence electrons. The van der Waals surface area contributed by atoms with E-state index in [2.05, 4.69) is 0 Å². The van der Waals surface area contributed by atoms with Crippen molar-refractivity contribution in [1.29, 1.82) is 0 Å². The maximum atomic E-state index is 11.6. The first kappa shape index (κ1) is 10.1. The van der Waals surface area contributed by atoms with Gasteiger partial charge >= 0.3 is 5.97 Å². The van der Waals surface area contributed by atoms with Crippen LogP contribution in [0, 0.1) is 11.3 Å². The van der Waals surface area contributed by atoms with Crippen molar-refractivity contribution in [3.8, 4) is 0 Å². The van der Waals surface area contributed by atoms with Crippen LogP contribution in [-0.4, -0.2) is 17.4 Å². The van der Waals surface area contributed by atoms with Gasteiger partial charge in [0.1, 0.15) is 0 Å². The average Bonchev–Trinajstić information content (AvgIpc) is 2.91. The Kier molecular flexibility index (Phi) is 2.60. The summed E-state index contributed by atoms with van der Waals surface area (Å²) in [7, 11) is 0. The van der Waals surface area contributed by atoms with Crippen LogP contribution in [0.5, 0.6) is 0 Å². The number of rotatable bonds is 2. The Balaban J connectivity index is 2.01. The van der Waals surface area contributed by atoms with Crippen molar-refractivity contribution < 1.29 is 9.53 Å². The maximum absolute atomic E-state index is 11.6. The van der Waals surface area contributed by atoms with Gasteiger partial charge in [-0.15, -0.1) is 0 Å². The highest BCUT2D eigenvalue weighted by atomic mass is 32.1. The van der Waals surface area contributed by atoms with Gasteiger partial charge in [-0.1, -0.05) is 12.2 Å². The normalized spacial score (nSPS) is 28.9. The van der Waals surface area contributed by atoms with Gasteiger partial charge in [0.15, 0.2) is 0 Å². The summed E-state index contributed by atoms with van der Waals surface area (Å²) >= 11 is 5.25. The fourth-order valence-electron chi connectivity index (χ4n) is 2.30. The third-order valence-electron chi connectivity index (χ3n) is 3.46. The quantitative estimate of drug-likeness (QED) is 0.519. The van der Waals surface area contributed by atoms with Crippen LogP contribution in [0.4, 0.5) is 0 Å². The van der Waals surface area contributed by atoms with Crippen LogP contribution in [0.3, 0.4) is 0 Å². The fourth-order valence-corrected chi connectivity index (χ4v) is 2.58. The zero-order chi connectivity index (χ0) is 10.2. The van der Waals surface area contributed by atoms with Gasteiger partial charge in [-0.05, 0) is 44.4 Å². The first-order chi connectivity index (χ1) is 6.67. The summed E-state index contributed by atoms with van der Waals surface area (Å²) in [6.45, 7) is 2.31. The SMILES string of the molecule is CCOC(=O)C1CC2(CCC1=S)CC2. The number of carbonyl (C=O) groups is 1. The minimum Gasteiger partial charge on any atom is -0.466 e. The van der Waals surface area contributed by atoms with Crippen molar-refractivity contribution in [3.63, 3.8) is 0 Å². The molecule has 2 aliphatic rings. The van der Waals surface area contributed by atoms with E-state index in [1.807, 2.05) is 6.92 Å². The van der Waals surface area contributed by atoms with Crippen LogP contribution in [0.25, 0.3) is 0 Å². The molecule has 0 heterocycles. The van der Waals surface area contributed by atoms with Crippen LogP contribution in [-0.2, 0) is 9.53 Å². The molecule has 14 heavy (non-hydrogen) atoms. The molecule has 2 rings (SSSR count). The molecule has 2 nitrogen and oxygen atoms in total. The Morgan fingerprint density at radius 3 is 2.86 bits per heavy atom. The van der Waals surface area contributed by atoms with Gasteiger partial charge in [-0.2, -0.15) is 0 Å². The standard InChI is InChI=1S/C11H16O2S/c1-2-13-10(12)8-7-11(5-6-11)4-3-9(8)14/h8H,2-7H2,1H3. The van der Waals surface area contributed by atoms with E-state index >= 15 is 0 Å². The summed E-state index contributed by atoms with van der Waals surface area (Å²) in [6.07, 6.45) is 5.66. The third kappa shape index (κ3) is 1.83. The Hall–Kier alpha value is -0.440. The van der Waals surface area contributed by atoms with E-state index in [9.17, 15) is 4.79 Å². The van der Waals surface area contributed by atoms with Crippen molar-refractivity contribution in [2.75, 3.05) is 6.61 Å². The van der Waals surface area contributed by atoms with E-state index in [0.717, 1.165) is 17.7 Å². The van der Waals surface area contributed by atoms with E-state index in [0.29, 0.717) is 12.0 Å². The fraction of sp³-hybridized carbons (Fsp3) is 0.818. The lowest BCUT2D eigenvalue weighted by atomic mass is 9.79. The highest BCUT2D eigenvalue weighted by Crippen LogP contribution is 2.57. The number of hydrogen-bond acceptors (Lipinski definition) is 3. The Morgan fingerprint density at radius 1 is 1.57 bits per heavy atom. The molecular weight excluding hydrogens is 196 g/mol. The molecule has 0 saturated heterocycles. The molecule has 2 saturated carbocycles.